The summed E-state index contributed by atoms with van der Waals surface area (Å²) in [5, 5.41) is 6.50. The summed E-state index contributed by atoms with van der Waals surface area (Å²) < 4.78 is 10.1. The lowest BCUT2D eigenvalue weighted by atomic mass is 9.44. The number of nitrogens with one attached hydrogen (secondary N) is 1. The monoisotopic (exact) mass is 485 g/mol. The molecule has 3 aliphatic carbocycles. The van der Waals surface area contributed by atoms with E-state index in [1.807, 2.05) is 23.6 Å². The van der Waals surface area contributed by atoms with Gasteiger partial charge in [-0.2, -0.15) is 0 Å². The smallest absolute Gasteiger partial charge is 0.305 e. The van der Waals surface area contributed by atoms with E-state index in [-0.39, 0.29) is 17.9 Å². The van der Waals surface area contributed by atoms with Crippen LogP contribution in [-0.2, 0) is 14.3 Å². The molecule has 34 heavy (non-hydrogen) atoms. The number of esters is 1. The molecule has 0 unspecified atom stereocenters. The number of allylic oxidation sites excluding steroid dienone is 2. The van der Waals surface area contributed by atoms with Crippen LogP contribution >= 0.6 is 11.3 Å². The van der Waals surface area contributed by atoms with Crippen molar-refractivity contribution in [3.8, 4) is 0 Å². The number of carbonyl (C=O) groups excluding carboxylic acids is 2. The third-order valence-electron chi connectivity index (χ3n) is 7.68. The first-order valence-corrected chi connectivity index (χ1v) is 13.1. The molecule has 1 aromatic heterocycles. The van der Waals surface area contributed by atoms with Crippen LogP contribution in [0.1, 0.15) is 62.7 Å². The lowest BCUT2D eigenvalue weighted by Gasteiger charge is -2.62. The van der Waals surface area contributed by atoms with Crippen LogP contribution in [0.25, 0.3) is 10.1 Å². The highest BCUT2D eigenvalue weighted by Gasteiger charge is 2.57. The molecule has 186 valence electrons. The van der Waals surface area contributed by atoms with E-state index in [0.717, 1.165) is 40.8 Å². The average Bonchev–Trinajstić information content (AvgIpc) is 3.26. The summed E-state index contributed by atoms with van der Waals surface area (Å²) in [6.07, 6.45) is 9.98. The first kappa shape index (κ1) is 26.4. The van der Waals surface area contributed by atoms with Crippen LogP contribution in [0.5, 0.6) is 0 Å². The molecule has 2 aromatic rings. The van der Waals surface area contributed by atoms with E-state index in [4.69, 9.17) is 4.74 Å². The highest BCUT2D eigenvalue weighted by molar-refractivity contribution is 7.17. The Morgan fingerprint density at radius 2 is 1.88 bits per heavy atom. The number of benzene rings is 1. The van der Waals surface area contributed by atoms with E-state index in [9.17, 15) is 9.59 Å². The third-order valence-corrected chi connectivity index (χ3v) is 8.65. The molecule has 1 aromatic carbocycles. The molecule has 0 saturated heterocycles. The standard InChI is InChI=1S/C26H33NO3S.C2H6O/c1-26(2)18-14-17(10-6-4-5-7-13-23(28)30-3)24(21(26)15-18)27-25(29)20-16-31-22-12-9-8-11-19(20)22;1-3-2/h4,6,8-9,11-12,16-18,21,24H,5,7,10,13-15H2,1-3H3,(H,27,29);1-2H3/b6-4-;/t17-,18-,21-,24+;/m0./s1. The summed E-state index contributed by atoms with van der Waals surface area (Å²) in [5.74, 6) is 1.69. The second-order valence-electron chi connectivity index (χ2n) is 10.1. The highest BCUT2D eigenvalue weighted by Crippen LogP contribution is 2.61. The van der Waals surface area contributed by atoms with Gasteiger partial charge in [-0.25, -0.2) is 0 Å². The molecular formula is C28H39NO4S. The molecule has 3 aliphatic rings. The maximum atomic E-state index is 13.2. The van der Waals surface area contributed by atoms with E-state index in [2.05, 4.69) is 42.1 Å². The quantitative estimate of drug-likeness (QED) is 0.273. The van der Waals surface area contributed by atoms with Gasteiger partial charge in [0, 0.05) is 42.1 Å². The molecule has 2 bridgehead atoms. The summed E-state index contributed by atoms with van der Waals surface area (Å²) in [6, 6.07) is 8.35. The van der Waals surface area contributed by atoms with Crippen molar-refractivity contribution in [3.05, 3.63) is 47.4 Å². The zero-order valence-corrected chi connectivity index (χ0v) is 22.0. The fourth-order valence-corrected chi connectivity index (χ4v) is 6.55. The fourth-order valence-electron chi connectivity index (χ4n) is 5.61. The molecule has 4 atom stereocenters. The fraction of sp³-hybridized carbons (Fsp3) is 0.571. The van der Waals surface area contributed by atoms with Gasteiger partial charge in [0.15, 0.2) is 0 Å². The van der Waals surface area contributed by atoms with Crippen LogP contribution in [0.4, 0.5) is 0 Å². The second-order valence-corrected chi connectivity index (χ2v) is 11.0. The number of thiophene rings is 1. The predicted octanol–water partition coefficient (Wildman–Crippen LogP) is 6.23. The zero-order valence-electron chi connectivity index (χ0n) is 21.1. The van der Waals surface area contributed by atoms with Gasteiger partial charge in [-0.05, 0) is 61.3 Å². The van der Waals surface area contributed by atoms with Crippen molar-refractivity contribution in [2.45, 2.75) is 58.4 Å². The number of hydrogen-bond acceptors (Lipinski definition) is 5. The topological polar surface area (TPSA) is 64.6 Å². The van der Waals surface area contributed by atoms with Crippen molar-refractivity contribution in [1.82, 2.24) is 5.32 Å². The van der Waals surface area contributed by atoms with Crippen molar-refractivity contribution >= 4 is 33.3 Å². The van der Waals surface area contributed by atoms with Gasteiger partial charge in [0.05, 0.1) is 12.7 Å². The number of hydrogen-bond donors (Lipinski definition) is 1. The van der Waals surface area contributed by atoms with Crippen molar-refractivity contribution in [1.29, 1.82) is 0 Å². The van der Waals surface area contributed by atoms with E-state index < -0.39 is 0 Å². The first-order chi connectivity index (χ1) is 16.3. The van der Waals surface area contributed by atoms with E-state index in [1.165, 1.54) is 20.0 Å². The molecule has 3 saturated carbocycles. The van der Waals surface area contributed by atoms with E-state index in [1.54, 1.807) is 25.6 Å². The van der Waals surface area contributed by atoms with Crippen LogP contribution in [0.2, 0.25) is 0 Å². The molecule has 0 aliphatic heterocycles. The van der Waals surface area contributed by atoms with Crippen molar-refractivity contribution < 1.29 is 19.1 Å². The van der Waals surface area contributed by atoms with Crippen molar-refractivity contribution in [3.63, 3.8) is 0 Å². The van der Waals surface area contributed by atoms with Gasteiger partial charge in [-0.3, -0.25) is 9.59 Å². The van der Waals surface area contributed by atoms with Crippen LogP contribution in [-0.4, -0.2) is 39.2 Å². The first-order valence-electron chi connectivity index (χ1n) is 12.2. The maximum absolute atomic E-state index is 13.2. The Kier molecular flexibility index (Phi) is 9.31. The Morgan fingerprint density at radius 3 is 2.59 bits per heavy atom. The minimum atomic E-state index is -0.147. The maximum Gasteiger partial charge on any atom is 0.305 e. The largest absolute Gasteiger partial charge is 0.469 e. The molecule has 5 rings (SSSR count). The Bertz CT molecular complexity index is 995. The molecule has 0 radical (unpaired) electrons. The van der Waals surface area contributed by atoms with Crippen LogP contribution in [0.3, 0.4) is 0 Å². The Balaban J connectivity index is 0.00000103. The number of ether oxygens (including phenoxy) is 2. The number of carbonyl (C=O) groups is 2. The number of rotatable bonds is 8. The predicted molar refractivity (Wildman–Crippen MR) is 139 cm³/mol. The van der Waals surface area contributed by atoms with Gasteiger partial charge in [-0.15, -0.1) is 11.3 Å². The highest BCUT2D eigenvalue weighted by atomic mass is 32.1. The molecule has 6 heteroatoms. The minimum Gasteiger partial charge on any atom is -0.469 e. The number of methoxy groups -OCH3 is 2. The lowest BCUT2D eigenvalue weighted by Crippen LogP contribution is -2.63. The van der Waals surface area contributed by atoms with Crippen molar-refractivity contribution in [2.24, 2.45) is 23.2 Å². The van der Waals surface area contributed by atoms with Crippen LogP contribution in [0.15, 0.2) is 41.8 Å². The number of fused-ring (bicyclic) bond motifs is 3. The second kappa shape index (κ2) is 12.0. The number of unbranched alkanes of at least 4 members (excludes halogenated alkanes) is 1. The van der Waals surface area contributed by atoms with E-state index >= 15 is 0 Å². The van der Waals surface area contributed by atoms with Gasteiger partial charge in [-0.1, -0.05) is 44.2 Å². The van der Waals surface area contributed by atoms with Crippen LogP contribution < -0.4 is 5.32 Å². The zero-order chi connectivity index (χ0) is 24.7. The molecule has 1 amide bonds. The van der Waals surface area contributed by atoms with Gasteiger partial charge < -0.3 is 14.8 Å². The third kappa shape index (κ3) is 5.89. The normalized spacial score (nSPS) is 24.7. The Labute approximate surface area is 207 Å². The molecule has 0 spiro atoms. The number of amides is 1. The summed E-state index contributed by atoms with van der Waals surface area (Å²) in [4.78, 5) is 24.5. The average molecular weight is 486 g/mol. The van der Waals surface area contributed by atoms with Crippen LogP contribution in [0, 0.1) is 23.2 Å². The SMILES string of the molecule is COC.COC(=O)CCC/C=C\C[C@H]1C[C@H]2C[C@@H]([C@@H]1NC(=O)c1csc3ccccc13)C2(C)C. The Hall–Kier alpha value is -2.18. The summed E-state index contributed by atoms with van der Waals surface area (Å²) in [7, 11) is 4.68. The minimum absolute atomic E-state index is 0.0654. The summed E-state index contributed by atoms with van der Waals surface area (Å²) >= 11 is 1.64. The van der Waals surface area contributed by atoms with E-state index in [0.29, 0.717) is 23.7 Å². The van der Waals surface area contributed by atoms with Gasteiger partial charge >= 0.3 is 5.97 Å². The lowest BCUT2D eigenvalue weighted by molar-refractivity contribution is -0.140. The molecule has 3 fully saturated rings. The van der Waals surface area contributed by atoms with Crippen molar-refractivity contribution in [2.75, 3.05) is 21.3 Å². The molecule has 5 nitrogen and oxygen atoms in total. The summed E-state index contributed by atoms with van der Waals surface area (Å²) in [5.41, 5.74) is 1.10. The molecule has 1 N–H and O–H groups in total. The van der Waals surface area contributed by atoms with Gasteiger partial charge in [0.1, 0.15) is 0 Å². The molecule has 1 heterocycles. The molecular weight excluding hydrogens is 446 g/mol. The summed E-state index contributed by atoms with van der Waals surface area (Å²) in [6.45, 7) is 4.73. The van der Waals surface area contributed by atoms with Gasteiger partial charge in [0.2, 0.25) is 0 Å². The van der Waals surface area contributed by atoms with Gasteiger partial charge in [0.25, 0.3) is 5.91 Å². The Morgan fingerprint density at radius 1 is 1.15 bits per heavy atom.